The van der Waals surface area contributed by atoms with Crippen LogP contribution in [0, 0.1) is 0 Å². The molecule has 1 aliphatic rings. The lowest BCUT2D eigenvalue weighted by molar-refractivity contribution is 0.310. The Hall–Kier alpha value is -0.660. The third kappa shape index (κ3) is 3.96. The zero-order valence-corrected chi connectivity index (χ0v) is 13.8. The molecule has 0 amide bonds. The van der Waals surface area contributed by atoms with Crippen LogP contribution in [0.3, 0.4) is 0 Å². The fourth-order valence-corrected chi connectivity index (χ4v) is 3.95. The summed E-state index contributed by atoms with van der Waals surface area (Å²) < 4.78 is 26.4. The third-order valence-corrected chi connectivity index (χ3v) is 6.09. The van der Waals surface area contributed by atoms with Gasteiger partial charge in [-0.1, -0.05) is 17.7 Å². The van der Waals surface area contributed by atoms with Gasteiger partial charge in [-0.25, -0.2) is 8.42 Å². The smallest absolute Gasteiger partial charge is 0.242 e. The van der Waals surface area contributed by atoms with Crippen LogP contribution in [0.25, 0.3) is 0 Å². The molecule has 0 saturated carbocycles. The van der Waals surface area contributed by atoms with E-state index in [4.69, 9.17) is 17.3 Å². The van der Waals surface area contributed by atoms with Crippen molar-refractivity contribution in [3.63, 3.8) is 0 Å². The maximum absolute atomic E-state index is 12.5. The highest BCUT2D eigenvalue weighted by molar-refractivity contribution is 7.89. The minimum Gasteiger partial charge on any atom is -0.326 e. The van der Waals surface area contributed by atoms with Crippen molar-refractivity contribution >= 4 is 21.6 Å². The Morgan fingerprint density at radius 1 is 1.33 bits per heavy atom. The lowest BCUT2D eigenvalue weighted by Crippen LogP contribution is -2.35. The number of halogens is 1. The van der Waals surface area contributed by atoms with Gasteiger partial charge >= 0.3 is 0 Å². The summed E-state index contributed by atoms with van der Waals surface area (Å²) in [4.78, 5) is 2.50. The van der Waals surface area contributed by atoms with E-state index in [9.17, 15) is 8.42 Å². The predicted octanol–water partition coefficient (Wildman–Crippen LogP) is 1.51. The summed E-state index contributed by atoms with van der Waals surface area (Å²) in [5, 5.41) is 0.395. The molecule has 0 unspecified atom stereocenters. The highest BCUT2D eigenvalue weighted by Gasteiger charge is 2.22. The summed E-state index contributed by atoms with van der Waals surface area (Å²) in [7, 11) is -1.89. The molecule has 0 atom stereocenters. The van der Waals surface area contributed by atoms with Gasteiger partial charge in [-0.15, -0.1) is 0 Å². The first kappa shape index (κ1) is 16.7. The van der Waals surface area contributed by atoms with Gasteiger partial charge in [0.1, 0.15) is 0 Å². The van der Waals surface area contributed by atoms with Crippen molar-refractivity contribution in [3.05, 3.63) is 28.8 Å². The number of hydrogen-bond donors (Lipinski definition) is 1. The van der Waals surface area contributed by atoms with Gasteiger partial charge in [0.2, 0.25) is 10.0 Å². The van der Waals surface area contributed by atoms with Crippen LogP contribution in [0.2, 0.25) is 5.02 Å². The van der Waals surface area contributed by atoms with Gasteiger partial charge in [-0.05, 0) is 43.6 Å². The van der Waals surface area contributed by atoms with Crippen molar-refractivity contribution in [2.75, 3.05) is 33.2 Å². The topological polar surface area (TPSA) is 66.6 Å². The third-order valence-electron chi connectivity index (χ3n) is 3.88. The van der Waals surface area contributed by atoms with E-state index < -0.39 is 10.0 Å². The second-order valence-electron chi connectivity index (χ2n) is 5.33. The standard InChI is InChI=1S/C14H22ClN3O2S/c1-17(8-9-18-6-2-3-7-18)21(19,20)13-5-4-12(11-16)14(15)10-13/h4-5,10H,2-3,6-9,11,16H2,1H3. The first-order chi connectivity index (χ1) is 9.95. The molecule has 1 aromatic rings. The first-order valence-corrected chi connectivity index (χ1v) is 8.94. The molecule has 1 aromatic carbocycles. The van der Waals surface area contributed by atoms with E-state index in [0.29, 0.717) is 18.1 Å². The van der Waals surface area contributed by atoms with Crippen molar-refractivity contribution in [1.82, 2.24) is 9.21 Å². The summed E-state index contributed by atoms with van der Waals surface area (Å²) in [5.74, 6) is 0. The quantitative estimate of drug-likeness (QED) is 0.858. The van der Waals surface area contributed by atoms with Crippen LogP contribution in [-0.4, -0.2) is 50.8 Å². The zero-order valence-electron chi connectivity index (χ0n) is 12.3. The number of likely N-dealkylation sites (N-methyl/N-ethyl adjacent to an activating group) is 1. The van der Waals surface area contributed by atoms with E-state index in [-0.39, 0.29) is 4.90 Å². The minimum atomic E-state index is -3.50. The summed E-state index contributed by atoms with van der Waals surface area (Å²) in [6, 6.07) is 4.71. The van der Waals surface area contributed by atoms with E-state index in [1.807, 2.05) is 0 Å². The fraction of sp³-hybridized carbons (Fsp3) is 0.571. The maximum atomic E-state index is 12.5. The average Bonchev–Trinajstić information content (AvgIpc) is 2.97. The summed E-state index contributed by atoms with van der Waals surface area (Å²) >= 11 is 6.05. The lowest BCUT2D eigenvalue weighted by atomic mass is 10.2. The van der Waals surface area contributed by atoms with E-state index in [1.54, 1.807) is 19.2 Å². The number of rotatable bonds is 6. The van der Waals surface area contributed by atoms with Crippen molar-refractivity contribution in [3.8, 4) is 0 Å². The van der Waals surface area contributed by atoms with Gasteiger partial charge < -0.3 is 10.6 Å². The molecule has 5 nitrogen and oxygen atoms in total. The van der Waals surface area contributed by atoms with E-state index in [1.165, 1.54) is 23.2 Å². The molecule has 0 bridgehead atoms. The Morgan fingerprint density at radius 2 is 2.00 bits per heavy atom. The number of benzene rings is 1. The molecule has 1 saturated heterocycles. The average molecular weight is 332 g/mol. The van der Waals surface area contributed by atoms with Gasteiger partial charge in [0.25, 0.3) is 0 Å². The maximum Gasteiger partial charge on any atom is 0.242 e. The van der Waals surface area contributed by atoms with Crippen molar-refractivity contribution in [2.24, 2.45) is 5.73 Å². The second kappa shape index (κ2) is 7.07. The van der Waals surface area contributed by atoms with Crippen LogP contribution in [0.1, 0.15) is 18.4 Å². The summed E-state index contributed by atoms with van der Waals surface area (Å²) in [6.07, 6.45) is 2.40. The molecule has 1 aliphatic heterocycles. The zero-order chi connectivity index (χ0) is 15.5. The van der Waals surface area contributed by atoms with E-state index >= 15 is 0 Å². The summed E-state index contributed by atoms with van der Waals surface area (Å²) in [5.41, 5.74) is 6.28. The van der Waals surface area contributed by atoms with E-state index in [2.05, 4.69) is 4.90 Å². The second-order valence-corrected chi connectivity index (χ2v) is 7.78. The number of likely N-dealkylation sites (tertiary alicyclic amines) is 1. The number of nitrogens with zero attached hydrogens (tertiary/aromatic N) is 2. The van der Waals surface area contributed by atoms with Crippen molar-refractivity contribution < 1.29 is 8.42 Å². The molecular formula is C14H22ClN3O2S. The first-order valence-electron chi connectivity index (χ1n) is 7.12. The van der Waals surface area contributed by atoms with Gasteiger partial charge in [-0.3, -0.25) is 0 Å². The molecule has 0 aromatic heterocycles. The van der Waals surface area contributed by atoms with Crippen LogP contribution in [-0.2, 0) is 16.6 Å². The Morgan fingerprint density at radius 3 is 2.57 bits per heavy atom. The number of hydrogen-bond acceptors (Lipinski definition) is 4. The number of nitrogens with two attached hydrogens (primary N) is 1. The monoisotopic (exact) mass is 331 g/mol. The van der Waals surface area contributed by atoms with Gasteiger partial charge in [0.15, 0.2) is 0 Å². The van der Waals surface area contributed by atoms with Crippen molar-refractivity contribution in [2.45, 2.75) is 24.3 Å². The molecule has 0 spiro atoms. The van der Waals surface area contributed by atoms with Gasteiger partial charge in [0, 0.05) is 31.7 Å². The van der Waals surface area contributed by atoms with Crippen LogP contribution in [0.5, 0.6) is 0 Å². The number of sulfonamides is 1. The molecule has 7 heteroatoms. The van der Waals surface area contributed by atoms with Crippen molar-refractivity contribution in [1.29, 1.82) is 0 Å². The molecule has 2 N–H and O–H groups in total. The summed E-state index contributed by atoms with van der Waals surface area (Å²) in [6.45, 7) is 3.67. The lowest BCUT2D eigenvalue weighted by Gasteiger charge is -2.21. The molecule has 1 heterocycles. The Kier molecular flexibility index (Phi) is 5.62. The highest BCUT2D eigenvalue weighted by Crippen LogP contribution is 2.22. The van der Waals surface area contributed by atoms with Gasteiger partial charge in [0.05, 0.1) is 4.90 Å². The molecule has 118 valence electrons. The van der Waals surface area contributed by atoms with Crippen LogP contribution >= 0.6 is 11.6 Å². The Labute approximate surface area is 131 Å². The fourth-order valence-electron chi connectivity index (χ4n) is 2.44. The van der Waals surface area contributed by atoms with Crippen LogP contribution < -0.4 is 5.73 Å². The SMILES string of the molecule is CN(CCN1CCCC1)S(=O)(=O)c1ccc(CN)c(Cl)c1. The van der Waals surface area contributed by atoms with Gasteiger partial charge in [-0.2, -0.15) is 4.31 Å². The largest absolute Gasteiger partial charge is 0.326 e. The Bertz CT molecular complexity index is 586. The molecule has 0 aliphatic carbocycles. The van der Waals surface area contributed by atoms with Crippen LogP contribution in [0.4, 0.5) is 0 Å². The molecule has 2 rings (SSSR count). The minimum absolute atomic E-state index is 0.216. The molecule has 1 fully saturated rings. The molecule has 21 heavy (non-hydrogen) atoms. The van der Waals surface area contributed by atoms with E-state index in [0.717, 1.165) is 25.2 Å². The molecular weight excluding hydrogens is 310 g/mol. The Balaban J connectivity index is 2.07. The van der Waals surface area contributed by atoms with Crippen LogP contribution in [0.15, 0.2) is 23.1 Å². The predicted molar refractivity (Wildman–Crippen MR) is 84.8 cm³/mol. The normalized spacial score (nSPS) is 16.8. The molecule has 0 radical (unpaired) electrons. The highest BCUT2D eigenvalue weighted by atomic mass is 35.5.